The second-order valence-electron chi connectivity index (χ2n) is 9.89. The van der Waals surface area contributed by atoms with Gasteiger partial charge < -0.3 is 20.6 Å². The standard InChI is InChI=1S/C30H31FN4O3/c1-34-14-16-35(17-15-34)19-21-4-10-24(11-5-21)32-29(22-7-2-20(3-8-22)6-13-27(36)37)28-25-12-9-23(31)18-26(25)33-30(28)38/h2-5,7-12,18,32H,6,13-17,19H2,1H3,(H,33,38)(H,36,37). The predicted molar refractivity (Wildman–Crippen MR) is 147 cm³/mol. The zero-order valence-corrected chi connectivity index (χ0v) is 21.3. The maximum absolute atomic E-state index is 13.9. The van der Waals surface area contributed by atoms with Gasteiger partial charge in [0.15, 0.2) is 0 Å². The van der Waals surface area contributed by atoms with E-state index < -0.39 is 11.8 Å². The highest BCUT2D eigenvalue weighted by molar-refractivity contribution is 6.37. The second kappa shape index (κ2) is 11.2. The smallest absolute Gasteiger partial charge is 0.303 e. The molecule has 0 bridgehead atoms. The molecule has 0 atom stereocenters. The number of carboxylic acids is 1. The number of piperazine rings is 1. The number of fused-ring (bicyclic) bond motifs is 1. The lowest BCUT2D eigenvalue weighted by molar-refractivity contribution is -0.137. The number of anilines is 2. The monoisotopic (exact) mass is 514 g/mol. The minimum absolute atomic E-state index is 0.0490. The molecule has 38 heavy (non-hydrogen) atoms. The summed E-state index contributed by atoms with van der Waals surface area (Å²) < 4.78 is 13.9. The topological polar surface area (TPSA) is 84.9 Å². The van der Waals surface area contributed by atoms with Crippen molar-refractivity contribution in [2.75, 3.05) is 43.9 Å². The lowest BCUT2D eigenvalue weighted by atomic mass is 9.98. The summed E-state index contributed by atoms with van der Waals surface area (Å²) in [4.78, 5) is 28.8. The molecule has 8 heteroatoms. The van der Waals surface area contributed by atoms with Crippen molar-refractivity contribution in [1.82, 2.24) is 9.80 Å². The van der Waals surface area contributed by atoms with Gasteiger partial charge in [0, 0.05) is 50.4 Å². The Bertz CT molecular complexity index is 1360. The lowest BCUT2D eigenvalue weighted by Crippen LogP contribution is -2.43. The number of carbonyl (C=O) groups excluding carboxylic acids is 1. The number of aliphatic carboxylic acids is 1. The van der Waals surface area contributed by atoms with Crippen LogP contribution in [0.4, 0.5) is 15.8 Å². The number of likely N-dealkylation sites (N-methyl/N-ethyl adjacent to an activating group) is 1. The van der Waals surface area contributed by atoms with Gasteiger partial charge >= 0.3 is 5.97 Å². The Labute approximate surface area is 221 Å². The molecule has 3 aromatic rings. The average Bonchev–Trinajstić information content (AvgIpc) is 3.23. The van der Waals surface area contributed by atoms with Crippen LogP contribution in [0.1, 0.15) is 28.7 Å². The van der Waals surface area contributed by atoms with Crippen molar-refractivity contribution in [3.8, 4) is 0 Å². The summed E-state index contributed by atoms with van der Waals surface area (Å²) in [6.45, 7) is 5.12. The first-order valence-corrected chi connectivity index (χ1v) is 12.8. The summed E-state index contributed by atoms with van der Waals surface area (Å²) >= 11 is 0. The summed E-state index contributed by atoms with van der Waals surface area (Å²) in [5.41, 5.74) is 5.80. The van der Waals surface area contributed by atoms with Gasteiger partial charge in [-0.2, -0.15) is 0 Å². The number of carbonyl (C=O) groups is 2. The summed E-state index contributed by atoms with van der Waals surface area (Å²) in [5.74, 6) is -1.57. The Hall–Kier alpha value is -4.01. The van der Waals surface area contributed by atoms with Crippen LogP contribution in [-0.4, -0.2) is 60.0 Å². The number of halogens is 1. The maximum Gasteiger partial charge on any atom is 0.303 e. The minimum atomic E-state index is -0.846. The Kier molecular flexibility index (Phi) is 7.53. The fourth-order valence-electron chi connectivity index (χ4n) is 4.86. The van der Waals surface area contributed by atoms with Gasteiger partial charge in [-0.1, -0.05) is 36.4 Å². The van der Waals surface area contributed by atoms with Gasteiger partial charge in [-0.15, -0.1) is 0 Å². The van der Waals surface area contributed by atoms with Crippen LogP contribution in [0.2, 0.25) is 0 Å². The van der Waals surface area contributed by atoms with Crippen LogP contribution in [0.25, 0.3) is 11.3 Å². The molecule has 1 amide bonds. The van der Waals surface area contributed by atoms with E-state index in [4.69, 9.17) is 5.11 Å². The quantitative estimate of drug-likeness (QED) is 0.383. The lowest BCUT2D eigenvalue weighted by Gasteiger charge is -2.32. The molecule has 0 radical (unpaired) electrons. The molecule has 3 aromatic carbocycles. The van der Waals surface area contributed by atoms with E-state index in [0.29, 0.717) is 28.9 Å². The van der Waals surface area contributed by atoms with E-state index in [1.165, 1.54) is 17.7 Å². The molecule has 196 valence electrons. The van der Waals surface area contributed by atoms with Crippen LogP contribution >= 0.6 is 0 Å². The van der Waals surface area contributed by atoms with Gasteiger partial charge in [-0.25, -0.2) is 4.39 Å². The minimum Gasteiger partial charge on any atom is -0.481 e. The molecule has 0 aromatic heterocycles. The van der Waals surface area contributed by atoms with Crippen molar-refractivity contribution in [1.29, 1.82) is 0 Å². The normalized spacial score (nSPS) is 17.2. The highest BCUT2D eigenvalue weighted by Gasteiger charge is 2.29. The number of benzene rings is 3. The summed E-state index contributed by atoms with van der Waals surface area (Å²) in [6.07, 6.45) is 0.472. The number of carboxylic acid groups (broad SMARTS) is 1. The third kappa shape index (κ3) is 5.93. The molecular formula is C30H31FN4O3. The van der Waals surface area contributed by atoms with Crippen molar-refractivity contribution < 1.29 is 19.1 Å². The fourth-order valence-corrected chi connectivity index (χ4v) is 4.86. The predicted octanol–water partition coefficient (Wildman–Crippen LogP) is 4.52. The third-order valence-electron chi connectivity index (χ3n) is 7.07. The van der Waals surface area contributed by atoms with Gasteiger partial charge in [0.2, 0.25) is 0 Å². The molecule has 1 fully saturated rings. The molecular weight excluding hydrogens is 483 g/mol. The molecule has 2 aliphatic heterocycles. The first-order chi connectivity index (χ1) is 18.4. The highest BCUT2D eigenvalue weighted by atomic mass is 19.1. The SMILES string of the molecule is CN1CCN(Cc2ccc(NC(=C3C(=O)Nc4cc(F)ccc43)c3ccc(CCC(=O)O)cc3)cc2)CC1. The summed E-state index contributed by atoms with van der Waals surface area (Å²) in [7, 11) is 2.15. The van der Waals surface area contributed by atoms with Crippen LogP contribution in [-0.2, 0) is 22.6 Å². The van der Waals surface area contributed by atoms with Crippen molar-refractivity contribution >= 4 is 34.5 Å². The number of hydrogen-bond donors (Lipinski definition) is 3. The molecule has 7 nitrogen and oxygen atoms in total. The summed E-state index contributed by atoms with van der Waals surface area (Å²) in [6, 6.07) is 20.0. The highest BCUT2D eigenvalue weighted by Crippen LogP contribution is 2.38. The molecule has 2 heterocycles. The van der Waals surface area contributed by atoms with E-state index in [1.54, 1.807) is 6.07 Å². The fraction of sp³-hybridized carbons (Fsp3) is 0.267. The van der Waals surface area contributed by atoms with E-state index in [1.807, 2.05) is 36.4 Å². The zero-order valence-electron chi connectivity index (χ0n) is 21.3. The maximum atomic E-state index is 13.9. The molecule has 0 aliphatic carbocycles. The van der Waals surface area contributed by atoms with Crippen LogP contribution in [0.15, 0.2) is 66.7 Å². The van der Waals surface area contributed by atoms with E-state index >= 15 is 0 Å². The van der Waals surface area contributed by atoms with Gasteiger partial charge in [0.1, 0.15) is 5.82 Å². The average molecular weight is 515 g/mol. The number of rotatable bonds is 8. The number of nitrogens with zero attached hydrogens (tertiary/aromatic N) is 2. The van der Waals surface area contributed by atoms with Gasteiger partial charge in [-0.05, 0) is 60.5 Å². The second-order valence-corrected chi connectivity index (χ2v) is 9.89. The first kappa shape index (κ1) is 25.6. The molecule has 1 saturated heterocycles. The van der Waals surface area contributed by atoms with Crippen LogP contribution < -0.4 is 10.6 Å². The molecule has 5 rings (SSSR count). The largest absolute Gasteiger partial charge is 0.481 e. The third-order valence-corrected chi connectivity index (χ3v) is 7.07. The van der Waals surface area contributed by atoms with Crippen molar-refractivity contribution in [2.24, 2.45) is 0 Å². The van der Waals surface area contributed by atoms with Gasteiger partial charge in [0.05, 0.1) is 17.0 Å². The molecule has 3 N–H and O–H groups in total. The Balaban J connectivity index is 1.44. The first-order valence-electron chi connectivity index (χ1n) is 12.8. The Morgan fingerprint density at radius 2 is 1.66 bits per heavy atom. The van der Waals surface area contributed by atoms with E-state index in [9.17, 15) is 14.0 Å². The van der Waals surface area contributed by atoms with Crippen molar-refractivity contribution in [3.63, 3.8) is 0 Å². The molecule has 2 aliphatic rings. The summed E-state index contributed by atoms with van der Waals surface area (Å²) in [5, 5.41) is 15.2. The number of amides is 1. The molecule has 0 spiro atoms. The van der Waals surface area contributed by atoms with Gasteiger partial charge in [-0.3, -0.25) is 14.5 Å². The van der Waals surface area contributed by atoms with Crippen LogP contribution in [0.5, 0.6) is 0 Å². The Morgan fingerprint density at radius 1 is 0.974 bits per heavy atom. The number of nitrogens with one attached hydrogen (secondary N) is 2. The van der Waals surface area contributed by atoms with Crippen LogP contribution in [0, 0.1) is 5.82 Å². The van der Waals surface area contributed by atoms with Crippen molar-refractivity contribution in [2.45, 2.75) is 19.4 Å². The molecule has 0 unspecified atom stereocenters. The van der Waals surface area contributed by atoms with E-state index in [-0.39, 0.29) is 12.3 Å². The van der Waals surface area contributed by atoms with Gasteiger partial charge in [0.25, 0.3) is 5.91 Å². The molecule has 0 saturated carbocycles. The van der Waals surface area contributed by atoms with Crippen LogP contribution in [0.3, 0.4) is 0 Å². The Morgan fingerprint density at radius 3 is 2.34 bits per heavy atom. The van der Waals surface area contributed by atoms with E-state index in [0.717, 1.165) is 49.5 Å². The number of aryl methyl sites for hydroxylation is 1. The zero-order chi connectivity index (χ0) is 26.6. The van der Waals surface area contributed by atoms with Crippen molar-refractivity contribution in [3.05, 3.63) is 94.8 Å². The van der Waals surface area contributed by atoms with E-state index in [2.05, 4.69) is 39.6 Å². The number of hydrogen-bond acceptors (Lipinski definition) is 5.